The average Bonchev–Trinajstić information content (AvgIpc) is 3.31. The highest BCUT2D eigenvalue weighted by molar-refractivity contribution is 5.85. The average molecular weight is 523 g/mol. The molecule has 3 aromatic carbocycles. The van der Waals surface area contributed by atoms with Gasteiger partial charge in [-0.05, 0) is 48.4 Å². The molecule has 1 aromatic heterocycles. The number of carbonyl (C=O) groups is 2. The number of para-hydroxylation sites is 1. The van der Waals surface area contributed by atoms with E-state index in [0.29, 0.717) is 12.8 Å². The van der Waals surface area contributed by atoms with Gasteiger partial charge in [-0.3, -0.25) is 4.79 Å². The number of unbranched alkanes of at least 4 members (excludes halogenated alkanes) is 3. The van der Waals surface area contributed by atoms with E-state index >= 15 is 0 Å². The third-order valence-electron chi connectivity index (χ3n) is 6.98. The van der Waals surface area contributed by atoms with Gasteiger partial charge in [0, 0.05) is 36.1 Å². The van der Waals surface area contributed by atoms with Crippen molar-refractivity contribution >= 4 is 22.8 Å². The Bertz CT molecular complexity index is 1360. The molecule has 1 N–H and O–H groups in total. The van der Waals surface area contributed by atoms with E-state index in [0.717, 1.165) is 55.1 Å². The highest BCUT2D eigenvalue weighted by atomic mass is 16.5. The molecule has 0 saturated heterocycles. The standard InChI is InChI=1S/C34H38N2O3/c1-39-34(38)23-22-30(35-33(37)21-11-3-2-6-14-27-15-7-4-8-16-27)24-29-26-36(25-28-17-9-5-10-18-28)32-20-13-12-19-31(29)32/h4-5,7-10,12-13,15-20,22-23,26,30H,2-3,6,11,14,21,24-25H2,1H3,(H,35,37)/b23-22+. The van der Waals surface area contributed by atoms with Crippen LogP contribution >= 0.6 is 0 Å². The summed E-state index contributed by atoms with van der Waals surface area (Å²) < 4.78 is 7.04. The summed E-state index contributed by atoms with van der Waals surface area (Å²) in [6.45, 7) is 0.765. The van der Waals surface area contributed by atoms with Gasteiger partial charge in [-0.15, -0.1) is 0 Å². The molecular formula is C34H38N2O3. The molecule has 1 unspecified atom stereocenters. The molecule has 202 valence electrons. The molecular weight excluding hydrogens is 484 g/mol. The second kappa shape index (κ2) is 14.7. The molecule has 4 aromatic rings. The number of aryl methyl sites for hydroxylation is 1. The Morgan fingerprint density at radius 3 is 2.26 bits per heavy atom. The Morgan fingerprint density at radius 2 is 1.51 bits per heavy atom. The van der Waals surface area contributed by atoms with E-state index < -0.39 is 5.97 Å². The number of hydrogen-bond donors (Lipinski definition) is 1. The summed E-state index contributed by atoms with van der Waals surface area (Å²) >= 11 is 0. The second-order valence-corrected chi connectivity index (χ2v) is 9.95. The Morgan fingerprint density at radius 1 is 0.846 bits per heavy atom. The number of nitrogens with one attached hydrogen (secondary N) is 1. The summed E-state index contributed by atoms with van der Waals surface area (Å²) in [4.78, 5) is 24.7. The number of hydrogen-bond acceptors (Lipinski definition) is 3. The number of rotatable bonds is 14. The first-order valence-electron chi connectivity index (χ1n) is 13.8. The molecule has 0 radical (unpaired) electrons. The summed E-state index contributed by atoms with van der Waals surface area (Å²) in [6.07, 6.45) is 11.5. The van der Waals surface area contributed by atoms with Crippen LogP contribution in [-0.2, 0) is 33.7 Å². The first kappa shape index (κ1) is 27.9. The van der Waals surface area contributed by atoms with Crippen LogP contribution in [0.1, 0.15) is 48.8 Å². The van der Waals surface area contributed by atoms with Crippen molar-refractivity contribution in [2.45, 2.75) is 57.5 Å². The normalized spacial score (nSPS) is 12.0. The summed E-state index contributed by atoms with van der Waals surface area (Å²) in [6, 6.07) is 28.9. The van der Waals surface area contributed by atoms with Gasteiger partial charge in [-0.25, -0.2) is 4.79 Å². The van der Waals surface area contributed by atoms with Crippen molar-refractivity contribution in [3.05, 3.63) is 120 Å². The minimum Gasteiger partial charge on any atom is -0.466 e. The van der Waals surface area contributed by atoms with Crippen LogP contribution < -0.4 is 5.32 Å². The molecule has 4 rings (SSSR count). The molecule has 1 heterocycles. The number of benzene rings is 3. The lowest BCUT2D eigenvalue weighted by Gasteiger charge is -2.15. The fourth-order valence-corrected chi connectivity index (χ4v) is 4.96. The highest BCUT2D eigenvalue weighted by Gasteiger charge is 2.16. The van der Waals surface area contributed by atoms with Crippen LogP contribution in [0.5, 0.6) is 0 Å². The van der Waals surface area contributed by atoms with Gasteiger partial charge in [0.05, 0.1) is 13.2 Å². The predicted octanol–water partition coefficient (Wildman–Crippen LogP) is 6.64. The topological polar surface area (TPSA) is 60.3 Å². The fourth-order valence-electron chi connectivity index (χ4n) is 4.96. The van der Waals surface area contributed by atoms with Crippen molar-refractivity contribution < 1.29 is 14.3 Å². The minimum absolute atomic E-state index is 0.00518. The van der Waals surface area contributed by atoms with Gasteiger partial charge in [0.2, 0.25) is 5.91 Å². The van der Waals surface area contributed by atoms with Gasteiger partial charge in [0.15, 0.2) is 0 Å². The molecule has 1 atom stereocenters. The zero-order valence-corrected chi connectivity index (χ0v) is 22.7. The van der Waals surface area contributed by atoms with E-state index in [1.165, 1.54) is 24.3 Å². The number of amides is 1. The minimum atomic E-state index is -0.431. The van der Waals surface area contributed by atoms with Crippen LogP contribution in [-0.4, -0.2) is 29.6 Å². The maximum Gasteiger partial charge on any atom is 0.330 e. The van der Waals surface area contributed by atoms with E-state index in [2.05, 4.69) is 64.6 Å². The van der Waals surface area contributed by atoms with E-state index in [1.807, 2.05) is 36.4 Å². The third kappa shape index (κ3) is 8.71. The zero-order valence-electron chi connectivity index (χ0n) is 22.7. The lowest BCUT2D eigenvalue weighted by molar-refractivity contribution is -0.135. The van der Waals surface area contributed by atoms with Gasteiger partial charge in [-0.2, -0.15) is 0 Å². The van der Waals surface area contributed by atoms with Crippen molar-refractivity contribution in [3.63, 3.8) is 0 Å². The number of ether oxygens (including phenoxy) is 1. The Hall–Kier alpha value is -4.12. The van der Waals surface area contributed by atoms with Crippen LogP contribution in [0.15, 0.2) is 103 Å². The lowest BCUT2D eigenvalue weighted by Crippen LogP contribution is -2.35. The molecule has 0 aliphatic carbocycles. The largest absolute Gasteiger partial charge is 0.466 e. The van der Waals surface area contributed by atoms with Crippen molar-refractivity contribution in [2.75, 3.05) is 7.11 Å². The first-order chi connectivity index (χ1) is 19.1. The van der Waals surface area contributed by atoms with Gasteiger partial charge >= 0.3 is 5.97 Å². The molecule has 0 bridgehead atoms. The number of esters is 1. The van der Waals surface area contributed by atoms with Gasteiger partial charge in [-0.1, -0.05) is 97.8 Å². The number of carbonyl (C=O) groups excluding carboxylic acids is 2. The monoisotopic (exact) mass is 522 g/mol. The van der Waals surface area contributed by atoms with Gasteiger partial charge < -0.3 is 14.6 Å². The third-order valence-corrected chi connectivity index (χ3v) is 6.98. The van der Waals surface area contributed by atoms with E-state index in [4.69, 9.17) is 4.74 Å². The van der Waals surface area contributed by atoms with Crippen molar-refractivity contribution in [3.8, 4) is 0 Å². The highest BCUT2D eigenvalue weighted by Crippen LogP contribution is 2.24. The molecule has 5 nitrogen and oxygen atoms in total. The van der Waals surface area contributed by atoms with Crippen molar-refractivity contribution in [1.82, 2.24) is 9.88 Å². The van der Waals surface area contributed by atoms with Gasteiger partial charge in [0.1, 0.15) is 0 Å². The Labute approximate surface area is 231 Å². The SMILES string of the molecule is COC(=O)/C=C/C(Cc1cn(Cc2ccccc2)c2ccccc12)NC(=O)CCCCCCc1ccccc1. The van der Waals surface area contributed by atoms with Gasteiger partial charge in [0.25, 0.3) is 0 Å². The maximum atomic E-state index is 12.9. The second-order valence-electron chi connectivity index (χ2n) is 9.95. The van der Waals surface area contributed by atoms with Crippen LogP contribution in [0, 0.1) is 0 Å². The summed E-state index contributed by atoms with van der Waals surface area (Å²) in [5, 5.41) is 4.29. The van der Waals surface area contributed by atoms with Crippen LogP contribution in [0.25, 0.3) is 10.9 Å². The van der Waals surface area contributed by atoms with E-state index in [-0.39, 0.29) is 11.9 Å². The van der Waals surface area contributed by atoms with Crippen molar-refractivity contribution in [2.24, 2.45) is 0 Å². The van der Waals surface area contributed by atoms with E-state index in [1.54, 1.807) is 6.08 Å². The molecule has 0 aliphatic heterocycles. The molecule has 39 heavy (non-hydrogen) atoms. The number of aromatic nitrogens is 1. The smallest absolute Gasteiger partial charge is 0.330 e. The molecule has 0 fully saturated rings. The Kier molecular flexibility index (Phi) is 10.5. The summed E-state index contributed by atoms with van der Waals surface area (Å²) in [5.74, 6) is -0.426. The molecule has 0 aliphatic rings. The Balaban J connectivity index is 1.37. The quantitative estimate of drug-likeness (QED) is 0.115. The predicted molar refractivity (Wildman–Crippen MR) is 158 cm³/mol. The molecule has 1 amide bonds. The summed E-state index contributed by atoms with van der Waals surface area (Å²) in [7, 11) is 1.36. The molecule has 0 spiro atoms. The van der Waals surface area contributed by atoms with E-state index in [9.17, 15) is 9.59 Å². The van der Waals surface area contributed by atoms with Crippen LogP contribution in [0.2, 0.25) is 0 Å². The molecule has 5 heteroatoms. The van der Waals surface area contributed by atoms with Crippen LogP contribution in [0.4, 0.5) is 0 Å². The first-order valence-corrected chi connectivity index (χ1v) is 13.8. The lowest BCUT2D eigenvalue weighted by atomic mass is 10.0. The zero-order chi connectivity index (χ0) is 27.3. The fraction of sp³-hybridized carbons (Fsp3) is 0.294. The number of nitrogens with zero attached hydrogens (tertiary/aromatic N) is 1. The van der Waals surface area contributed by atoms with Crippen LogP contribution in [0.3, 0.4) is 0 Å². The summed E-state index contributed by atoms with van der Waals surface area (Å²) in [5.41, 5.74) is 4.86. The maximum absolute atomic E-state index is 12.9. The number of methoxy groups -OCH3 is 1. The number of fused-ring (bicyclic) bond motifs is 1. The van der Waals surface area contributed by atoms with Crippen molar-refractivity contribution in [1.29, 1.82) is 0 Å². The molecule has 0 saturated carbocycles.